The third kappa shape index (κ3) is 3.48. The molecule has 0 aliphatic carbocycles. The summed E-state index contributed by atoms with van der Waals surface area (Å²) < 4.78 is 0. The highest BCUT2D eigenvalue weighted by atomic mass is 16.1. The summed E-state index contributed by atoms with van der Waals surface area (Å²) in [5, 5.41) is 8.79. The molecule has 5 nitrogen and oxygen atoms in total. The Balaban J connectivity index is 1.89. The van der Waals surface area contributed by atoms with Crippen molar-refractivity contribution in [2.24, 2.45) is 0 Å². The number of hydrogen-bond donors (Lipinski definition) is 0. The predicted octanol–water partition coefficient (Wildman–Crippen LogP) is 4.47. The fourth-order valence-corrected chi connectivity index (χ4v) is 2.83. The summed E-state index contributed by atoms with van der Waals surface area (Å²) in [5.41, 5.74) is 5.35. The maximum atomic E-state index is 11.6. The van der Waals surface area contributed by atoms with Crippen LogP contribution >= 0.6 is 0 Å². The predicted molar refractivity (Wildman–Crippen MR) is 104 cm³/mol. The molecule has 5 heteroatoms. The molecule has 0 radical (unpaired) electrons. The Kier molecular flexibility index (Phi) is 4.49. The lowest BCUT2D eigenvalue weighted by molar-refractivity contribution is 0.101. The van der Waals surface area contributed by atoms with E-state index in [0.717, 1.165) is 22.5 Å². The number of ketones is 1. The van der Waals surface area contributed by atoms with E-state index in [0.29, 0.717) is 17.0 Å². The van der Waals surface area contributed by atoms with Gasteiger partial charge in [0.25, 0.3) is 0 Å². The van der Waals surface area contributed by atoms with E-state index in [4.69, 9.17) is 0 Å². The molecule has 27 heavy (non-hydrogen) atoms. The van der Waals surface area contributed by atoms with Crippen LogP contribution in [0.2, 0.25) is 0 Å². The Bertz CT molecular complexity index is 1080. The molecule has 3 aromatic heterocycles. The lowest BCUT2D eigenvalue weighted by Crippen LogP contribution is -1.98. The van der Waals surface area contributed by atoms with Crippen molar-refractivity contribution in [3.8, 4) is 33.9 Å². The molecule has 0 N–H and O–H groups in total. The molecule has 0 spiro atoms. The van der Waals surface area contributed by atoms with Crippen molar-refractivity contribution in [1.82, 2.24) is 20.2 Å². The lowest BCUT2D eigenvalue weighted by Gasteiger charge is -2.10. The molecular weight excluding hydrogens is 336 g/mol. The van der Waals surface area contributed by atoms with E-state index in [1.165, 1.54) is 0 Å². The number of aromatic nitrogens is 4. The fraction of sp³-hybridized carbons (Fsp3) is 0.0455. The summed E-state index contributed by atoms with van der Waals surface area (Å²) in [6.45, 7) is 1.56. The monoisotopic (exact) mass is 352 g/mol. The summed E-state index contributed by atoms with van der Waals surface area (Å²) >= 11 is 0. The van der Waals surface area contributed by atoms with Crippen LogP contribution in [0.25, 0.3) is 33.9 Å². The Morgan fingerprint density at radius 3 is 2.00 bits per heavy atom. The number of Topliss-reactive ketones (excluding diaryl/α,β-unsaturated/α-hetero) is 1. The minimum Gasteiger partial charge on any atom is -0.295 e. The molecule has 4 rings (SSSR count). The number of hydrogen-bond acceptors (Lipinski definition) is 5. The first-order chi connectivity index (χ1) is 13.2. The molecule has 0 amide bonds. The van der Waals surface area contributed by atoms with Gasteiger partial charge in [-0.15, -0.1) is 10.2 Å². The molecule has 0 bridgehead atoms. The Hall–Kier alpha value is -3.73. The number of nitrogens with zero attached hydrogens (tertiary/aromatic N) is 4. The Morgan fingerprint density at radius 1 is 0.741 bits per heavy atom. The van der Waals surface area contributed by atoms with Gasteiger partial charge in [-0.05, 0) is 42.8 Å². The quantitative estimate of drug-likeness (QED) is 0.507. The second-order valence-electron chi connectivity index (χ2n) is 6.06. The summed E-state index contributed by atoms with van der Waals surface area (Å²) in [7, 11) is 0. The third-order valence-corrected chi connectivity index (χ3v) is 4.23. The number of carbonyl (C=O) groups excluding carboxylic acids is 1. The van der Waals surface area contributed by atoms with Crippen molar-refractivity contribution < 1.29 is 4.79 Å². The van der Waals surface area contributed by atoms with Gasteiger partial charge in [-0.1, -0.05) is 36.4 Å². The van der Waals surface area contributed by atoms with Crippen molar-refractivity contribution in [3.05, 3.63) is 84.7 Å². The molecule has 0 aliphatic rings. The van der Waals surface area contributed by atoms with Crippen molar-refractivity contribution >= 4 is 5.78 Å². The molecule has 0 saturated carbocycles. The second kappa shape index (κ2) is 7.25. The van der Waals surface area contributed by atoms with Gasteiger partial charge in [-0.2, -0.15) is 0 Å². The van der Waals surface area contributed by atoms with Crippen LogP contribution in [0.5, 0.6) is 0 Å². The molecule has 3 heterocycles. The molecule has 130 valence electrons. The van der Waals surface area contributed by atoms with Gasteiger partial charge in [-0.25, -0.2) is 0 Å². The average molecular weight is 352 g/mol. The molecular formula is C22H16N4O. The SMILES string of the molecule is CC(=O)c1ccc(-c2cc(-c3ccccn3)nnc2-c2ccccn2)cc1. The van der Waals surface area contributed by atoms with Crippen LogP contribution in [0.4, 0.5) is 0 Å². The summed E-state index contributed by atoms with van der Waals surface area (Å²) in [6, 6.07) is 20.8. The molecule has 0 fully saturated rings. The largest absolute Gasteiger partial charge is 0.295 e. The Labute approximate surface area is 156 Å². The first-order valence-corrected chi connectivity index (χ1v) is 8.54. The van der Waals surface area contributed by atoms with E-state index in [1.807, 2.05) is 66.7 Å². The van der Waals surface area contributed by atoms with Gasteiger partial charge in [0.2, 0.25) is 0 Å². The van der Waals surface area contributed by atoms with Crippen molar-refractivity contribution in [2.75, 3.05) is 0 Å². The first kappa shape index (κ1) is 16.7. The lowest BCUT2D eigenvalue weighted by atomic mass is 9.99. The van der Waals surface area contributed by atoms with Crippen LogP contribution in [0, 0.1) is 0 Å². The maximum absolute atomic E-state index is 11.6. The highest BCUT2D eigenvalue weighted by Crippen LogP contribution is 2.31. The number of carbonyl (C=O) groups is 1. The number of rotatable bonds is 4. The minimum atomic E-state index is 0.0357. The van der Waals surface area contributed by atoms with Gasteiger partial charge in [-0.3, -0.25) is 14.8 Å². The summed E-state index contributed by atoms with van der Waals surface area (Å²) in [5.74, 6) is 0.0357. The van der Waals surface area contributed by atoms with E-state index in [2.05, 4.69) is 20.2 Å². The minimum absolute atomic E-state index is 0.0357. The molecule has 0 unspecified atom stereocenters. The fourth-order valence-electron chi connectivity index (χ4n) is 2.83. The van der Waals surface area contributed by atoms with Gasteiger partial charge in [0, 0.05) is 23.5 Å². The molecule has 0 aliphatic heterocycles. The molecule has 0 atom stereocenters. The highest BCUT2D eigenvalue weighted by molar-refractivity contribution is 5.94. The van der Waals surface area contributed by atoms with Crippen LogP contribution in [0.3, 0.4) is 0 Å². The topological polar surface area (TPSA) is 68.6 Å². The van der Waals surface area contributed by atoms with E-state index in [-0.39, 0.29) is 5.78 Å². The standard InChI is InChI=1S/C22H16N4O/c1-15(27)16-8-10-17(11-9-16)18-14-21(19-6-2-4-12-23-19)25-26-22(18)20-7-3-5-13-24-20/h2-14H,1H3. The molecule has 0 saturated heterocycles. The average Bonchev–Trinajstić information content (AvgIpc) is 2.74. The van der Waals surface area contributed by atoms with Gasteiger partial charge in [0.1, 0.15) is 11.4 Å². The third-order valence-electron chi connectivity index (χ3n) is 4.23. The van der Waals surface area contributed by atoms with Gasteiger partial charge in [0.05, 0.1) is 11.4 Å². The number of pyridine rings is 2. The maximum Gasteiger partial charge on any atom is 0.159 e. The normalized spacial score (nSPS) is 10.6. The van der Waals surface area contributed by atoms with Gasteiger partial charge < -0.3 is 0 Å². The van der Waals surface area contributed by atoms with Crippen molar-refractivity contribution in [1.29, 1.82) is 0 Å². The highest BCUT2D eigenvalue weighted by Gasteiger charge is 2.14. The van der Waals surface area contributed by atoms with Crippen LogP contribution in [-0.2, 0) is 0 Å². The van der Waals surface area contributed by atoms with Crippen molar-refractivity contribution in [3.63, 3.8) is 0 Å². The van der Waals surface area contributed by atoms with Gasteiger partial charge in [0.15, 0.2) is 5.78 Å². The second-order valence-corrected chi connectivity index (χ2v) is 6.06. The zero-order valence-corrected chi connectivity index (χ0v) is 14.7. The number of benzene rings is 1. The van der Waals surface area contributed by atoms with Crippen LogP contribution < -0.4 is 0 Å². The first-order valence-electron chi connectivity index (χ1n) is 8.54. The molecule has 4 aromatic rings. The summed E-state index contributed by atoms with van der Waals surface area (Å²) in [6.07, 6.45) is 3.46. The van der Waals surface area contributed by atoms with Crippen molar-refractivity contribution in [2.45, 2.75) is 6.92 Å². The zero-order chi connectivity index (χ0) is 18.6. The summed E-state index contributed by atoms with van der Waals surface area (Å²) in [4.78, 5) is 20.4. The van der Waals surface area contributed by atoms with E-state index in [9.17, 15) is 4.79 Å². The van der Waals surface area contributed by atoms with Crippen LogP contribution in [-0.4, -0.2) is 25.9 Å². The zero-order valence-electron chi connectivity index (χ0n) is 14.7. The smallest absolute Gasteiger partial charge is 0.159 e. The van der Waals surface area contributed by atoms with Crippen LogP contribution in [0.15, 0.2) is 79.1 Å². The van der Waals surface area contributed by atoms with E-state index < -0.39 is 0 Å². The Morgan fingerprint density at radius 2 is 1.41 bits per heavy atom. The van der Waals surface area contributed by atoms with E-state index >= 15 is 0 Å². The van der Waals surface area contributed by atoms with E-state index in [1.54, 1.807) is 19.3 Å². The molecule has 1 aromatic carbocycles. The van der Waals surface area contributed by atoms with Crippen LogP contribution in [0.1, 0.15) is 17.3 Å². The van der Waals surface area contributed by atoms with Gasteiger partial charge >= 0.3 is 0 Å².